The van der Waals surface area contributed by atoms with Gasteiger partial charge in [0.25, 0.3) is 10.0 Å². The maximum Gasteiger partial charge on any atom is 0.264 e. The van der Waals surface area contributed by atoms with Crippen LogP contribution in [0.15, 0.2) is 59.5 Å². The van der Waals surface area contributed by atoms with Crippen molar-refractivity contribution in [3.05, 3.63) is 54.6 Å². The highest BCUT2D eigenvalue weighted by Gasteiger charge is 2.27. The van der Waals surface area contributed by atoms with Gasteiger partial charge in [0.05, 0.1) is 17.2 Å². The van der Waals surface area contributed by atoms with Crippen molar-refractivity contribution >= 4 is 21.6 Å². The Kier molecular flexibility index (Phi) is 7.45. The molecule has 0 heterocycles. The number of sulfonamides is 1. The third-order valence-electron chi connectivity index (χ3n) is 4.44. The molecule has 0 fully saturated rings. The number of nitrogens with one attached hydrogen (secondary N) is 1. The summed E-state index contributed by atoms with van der Waals surface area (Å²) >= 11 is 0. The van der Waals surface area contributed by atoms with Crippen molar-refractivity contribution in [1.82, 2.24) is 5.32 Å². The molecule has 2 rings (SSSR count). The molecule has 1 amide bonds. The highest BCUT2D eigenvalue weighted by atomic mass is 32.2. The molecule has 0 aliphatic rings. The first kappa shape index (κ1) is 21.8. The Morgan fingerprint density at radius 1 is 1.04 bits per heavy atom. The summed E-state index contributed by atoms with van der Waals surface area (Å²) in [5, 5.41) is 2.87. The first-order chi connectivity index (χ1) is 13.3. The Bertz CT molecular complexity index is 865. The van der Waals surface area contributed by atoms with Crippen molar-refractivity contribution in [2.75, 3.05) is 17.5 Å². The van der Waals surface area contributed by atoms with E-state index in [1.807, 2.05) is 27.7 Å². The van der Waals surface area contributed by atoms with Crippen LogP contribution < -0.4 is 14.4 Å². The van der Waals surface area contributed by atoms with E-state index in [4.69, 9.17) is 4.74 Å². The summed E-state index contributed by atoms with van der Waals surface area (Å²) < 4.78 is 33.0. The van der Waals surface area contributed by atoms with E-state index >= 15 is 0 Å². The van der Waals surface area contributed by atoms with Crippen LogP contribution in [0.3, 0.4) is 0 Å². The molecular formula is C21H28N2O4S. The number of carbonyl (C=O) groups is 1. The van der Waals surface area contributed by atoms with E-state index < -0.39 is 10.0 Å². The molecule has 0 spiro atoms. The molecule has 0 radical (unpaired) electrons. The second-order valence-corrected chi connectivity index (χ2v) is 8.71. The molecule has 2 aromatic rings. The second kappa shape index (κ2) is 9.59. The van der Waals surface area contributed by atoms with Crippen molar-refractivity contribution in [3.63, 3.8) is 0 Å². The lowest BCUT2D eigenvalue weighted by Crippen LogP contribution is -2.45. The highest BCUT2D eigenvalue weighted by Crippen LogP contribution is 2.25. The van der Waals surface area contributed by atoms with E-state index in [0.717, 1.165) is 4.31 Å². The molecular weight excluding hydrogens is 376 g/mol. The van der Waals surface area contributed by atoms with Crippen LogP contribution in [-0.4, -0.2) is 33.5 Å². The predicted octanol–water partition coefficient (Wildman–Crippen LogP) is 3.44. The highest BCUT2D eigenvalue weighted by molar-refractivity contribution is 7.92. The predicted molar refractivity (Wildman–Crippen MR) is 111 cm³/mol. The SMILES string of the molecule is CCOc1ccc(N(CC(=O)NC(C)C(C)C)S(=O)(=O)c2ccccc2)cc1. The molecule has 1 atom stereocenters. The van der Waals surface area contributed by atoms with Gasteiger partial charge in [-0.25, -0.2) is 8.42 Å². The molecule has 2 aromatic carbocycles. The topological polar surface area (TPSA) is 75.7 Å². The number of rotatable bonds is 9. The van der Waals surface area contributed by atoms with Crippen molar-refractivity contribution in [3.8, 4) is 5.75 Å². The van der Waals surface area contributed by atoms with Crippen LogP contribution in [0.25, 0.3) is 0 Å². The Hall–Kier alpha value is -2.54. The second-order valence-electron chi connectivity index (χ2n) is 6.85. The van der Waals surface area contributed by atoms with Gasteiger partial charge in [0.1, 0.15) is 12.3 Å². The third kappa shape index (κ3) is 5.48. The van der Waals surface area contributed by atoms with Gasteiger partial charge in [-0.2, -0.15) is 0 Å². The fraction of sp³-hybridized carbons (Fsp3) is 0.381. The van der Waals surface area contributed by atoms with Crippen molar-refractivity contribution in [2.24, 2.45) is 5.92 Å². The molecule has 0 aliphatic heterocycles. The van der Waals surface area contributed by atoms with Crippen LogP contribution in [0.5, 0.6) is 5.75 Å². The van der Waals surface area contributed by atoms with E-state index in [-0.39, 0.29) is 29.3 Å². The third-order valence-corrected chi connectivity index (χ3v) is 6.23. The van der Waals surface area contributed by atoms with Crippen molar-refractivity contribution in [2.45, 2.75) is 38.6 Å². The van der Waals surface area contributed by atoms with Gasteiger partial charge in [-0.15, -0.1) is 0 Å². The minimum atomic E-state index is -3.90. The molecule has 7 heteroatoms. The van der Waals surface area contributed by atoms with Crippen LogP contribution in [0.2, 0.25) is 0 Å². The van der Waals surface area contributed by atoms with Crippen LogP contribution in [0.4, 0.5) is 5.69 Å². The monoisotopic (exact) mass is 404 g/mol. The van der Waals surface area contributed by atoms with Crippen LogP contribution in [0.1, 0.15) is 27.7 Å². The Morgan fingerprint density at radius 3 is 2.18 bits per heavy atom. The average molecular weight is 405 g/mol. The largest absolute Gasteiger partial charge is 0.494 e. The summed E-state index contributed by atoms with van der Waals surface area (Å²) in [4.78, 5) is 12.7. The van der Waals surface area contributed by atoms with E-state index in [1.165, 1.54) is 12.1 Å². The van der Waals surface area contributed by atoms with Gasteiger partial charge in [0.15, 0.2) is 0 Å². The van der Waals surface area contributed by atoms with Crippen LogP contribution >= 0.6 is 0 Å². The Balaban J connectivity index is 2.36. The first-order valence-corrected chi connectivity index (χ1v) is 10.8. The molecule has 152 valence electrons. The molecule has 0 aromatic heterocycles. The van der Waals surface area contributed by atoms with Gasteiger partial charge < -0.3 is 10.1 Å². The zero-order valence-corrected chi connectivity index (χ0v) is 17.6. The van der Waals surface area contributed by atoms with Gasteiger partial charge >= 0.3 is 0 Å². The van der Waals surface area contributed by atoms with Crippen LogP contribution in [0, 0.1) is 5.92 Å². The molecule has 28 heavy (non-hydrogen) atoms. The number of amides is 1. The molecule has 0 saturated heterocycles. The zero-order valence-electron chi connectivity index (χ0n) is 16.8. The van der Waals surface area contributed by atoms with Gasteiger partial charge in [0, 0.05) is 6.04 Å². The van der Waals surface area contributed by atoms with Crippen molar-refractivity contribution < 1.29 is 17.9 Å². The number of hydrogen-bond acceptors (Lipinski definition) is 4. The smallest absolute Gasteiger partial charge is 0.264 e. The van der Waals surface area contributed by atoms with Gasteiger partial charge in [-0.05, 0) is 56.2 Å². The summed E-state index contributed by atoms with van der Waals surface area (Å²) in [6, 6.07) is 14.7. The number of benzene rings is 2. The summed E-state index contributed by atoms with van der Waals surface area (Å²) in [6.45, 7) is 7.98. The number of carbonyl (C=O) groups excluding carboxylic acids is 1. The average Bonchev–Trinajstić information content (AvgIpc) is 2.67. The van der Waals surface area contributed by atoms with Gasteiger partial charge in [-0.3, -0.25) is 9.10 Å². The molecule has 0 bridgehead atoms. The minimum absolute atomic E-state index is 0.0610. The fourth-order valence-corrected chi connectivity index (χ4v) is 3.95. The lowest BCUT2D eigenvalue weighted by atomic mass is 10.1. The normalized spacial score (nSPS) is 12.5. The van der Waals surface area contributed by atoms with E-state index in [9.17, 15) is 13.2 Å². The quantitative estimate of drug-likeness (QED) is 0.695. The summed E-state index contributed by atoms with van der Waals surface area (Å²) in [5.74, 6) is 0.532. The molecule has 1 N–H and O–H groups in total. The van der Waals surface area contributed by atoms with E-state index in [0.29, 0.717) is 18.0 Å². The fourth-order valence-electron chi connectivity index (χ4n) is 2.51. The standard InChI is InChI=1S/C21H28N2O4S/c1-5-27-19-13-11-18(12-14-19)23(15-21(24)22-17(4)16(2)3)28(25,26)20-9-7-6-8-10-20/h6-14,16-17H,5,15H2,1-4H3,(H,22,24). The zero-order chi connectivity index (χ0) is 20.7. The van der Waals surface area contributed by atoms with Gasteiger partial charge in [-0.1, -0.05) is 32.0 Å². The summed E-state index contributed by atoms with van der Waals surface area (Å²) in [5.41, 5.74) is 0.402. The first-order valence-electron chi connectivity index (χ1n) is 9.35. The van der Waals surface area contributed by atoms with E-state index in [1.54, 1.807) is 42.5 Å². The Labute approximate surface area is 167 Å². The molecule has 1 unspecified atom stereocenters. The van der Waals surface area contributed by atoms with E-state index in [2.05, 4.69) is 5.32 Å². The number of nitrogens with zero attached hydrogens (tertiary/aromatic N) is 1. The number of ether oxygens (including phenoxy) is 1. The Morgan fingerprint density at radius 2 is 1.64 bits per heavy atom. The van der Waals surface area contributed by atoms with Crippen LogP contribution in [-0.2, 0) is 14.8 Å². The molecule has 0 saturated carbocycles. The number of hydrogen-bond donors (Lipinski definition) is 1. The maximum absolute atomic E-state index is 13.2. The molecule has 0 aliphatic carbocycles. The summed E-state index contributed by atoms with van der Waals surface area (Å²) in [6.07, 6.45) is 0. The summed E-state index contributed by atoms with van der Waals surface area (Å²) in [7, 11) is -3.90. The lowest BCUT2D eigenvalue weighted by Gasteiger charge is -2.26. The molecule has 6 nitrogen and oxygen atoms in total. The van der Waals surface area contributed by atoms with Gasteiger partial charge in [0.2, 0.25) is 5.91 Å². The van der Waals surface area contributed by atoms with Crippen molar-refractivity contribution in [1.29, 1.82) is 0 Å². The lowest BCUT2D eigenvalue weighted by molar-refractivity contribution is -0.120. The maximum atomic E-state index is 13.2. The number of anilines is 1. The minimum Gasteiger partial charge on any atom is -0.494 e.